The van der Waals surface area contributed by atoms with Crippen molar-refractivity contribution in [2.75, 3.05) is 20.5 Å². The fraction of sp³-hybridized carbons (Fsp3) is 0.556. The van der Waals surface area contributed by atoms with Gasteiger partial charge in [0.05, 0.1) is 23.7 Å². The summed E-state index contributed by atoms with van der Waals surface area (Å²) in [7, 11) is -2.32. The second-order valence-electron chi connectivity index (χ2n) is 6.35. The molecule has 0 bridgehead atoms. The topological polar surface area (TPSA) is 93.1 Å². The minimum Gasteiger partial charge on any atom is -0.393 e. The second-order valence-corrected chi connectivity index (χ2v) is 8.58. The van der Waals surface area contributed by atoms with E-state index in [2.05, 4.69) is 6.58 Å². The van der Waals surface area contributed by atoms with Gasteiger partial charge in [-0.15, -0.1) is 6.58 Å². The van der Waals surface area contributed by atoms with Gasteiger partial charge < -0.3 is 19.7 Å². The van der Waals surface area contributed by atoms with Crippen LogP contribution in [0.4, 0.5) is 0 Å². The first kappa shape index (κ1) is 20.1. The van der Waals surface area contributed by atoms with Crippen LogP contribution < -0.4 is 0 Å². The standard InChI is InChI=1S/C18H26O6S/c1-3-18(25(21,22)15-7-5-4-6-8-15)12-14(19)11-16(18)17(20)9-10-24-13-23-2/h3-8,14,16-17,19-20H,1,9-13H2,2H3/t14-,16-,17-,18?/m1/s1. The van der Waals surface area contributed by atoms with Crippen molar-refractivity contribution in [2.24, 2.45) is 5.92 Å². The summed E-state index contributed by atoms with van der Waals surface area (Å²) in [6.07, 6.45) is 0.0927. The van der Waals surface area contributed by atoms with Crippen molar-refractivity contribution >= 4 is 9.84 Å². The van der Waals surface area contributed by atoms with Gasteiger partial charge in [0, 0.05) is 13.0 Å². The zero-order valence-corrected chi connectivity index (χ0v) is 15.2. The van der Waals surface area contributed by atoms with E-state index in [-0.39, 0.29) is 37.6 Å². The molecule has 0 aliphatic heterocycles. The zero-order chi connectivity index (χ0) is 18.5. The summed E-state index contributed by atoms with van der Waals surface area (Å²) in [5, 5.41) is 20.8. The Hall–Kier alpha value is -1.25. The van der Waals surface area contributed by atoms with E-state index in [0.29, 0.717) is 0 Å². The van der Waals surface area contributed by atoms with Gasteiger partial charge in [-0.3, -0.25) is 0 Å². The van der Waals surface area contributed by atoms with Crippen LogP contribution in [0.15, 0.2) is 47.9 Å². The molecule has 0 amide bonds. The molecular formula is C18H26O6S. The highest BCUT2D eigenvalue weighted by molar-refractivity contribution is 7.93. The summed E-state index contributed by atoms with van der Waals surface area (Å²) < 4.78 is 35.1. The second kappa shape index (κ2) is 8.42. The van der Waals surface area contributed by atoms with Gasteiger partial charge in [-0.05, 0) is 31.4 Å². The number of benzene rings is 1. The van der Waals surface area contributed by atoms with Crippen LogP contribution in [0.5, 0.6) is 0 Å². The average molecular weight is 370 g/mol. The van der Waals surface area contributed by atoms with Gasteiger partial charge in [0.25, 0.3) is 0 Å². The van der Waals surface area contributed by atoms with E-state index in [1.54, 1.807) is 18.2 Å². The molecule has 4 atom stereocenters. The Morgan fingerprint density at radius 3 is 2.68 bits per heavy atom. The lowest BCUT2D eigenvalue weighted by molar-refractivity contribution is -0.0451. The molecule has 2 N–H and O–H groups in total. The highest BCUT2D eigenvalue weighted by Crippen LogP contribution is 2.47. The molecule has 7 heteroatoms. The van der Waals surface area contributed by atoms with E-state index in [1.165, 1.54) is 25.3 Å². The lowest BCUT2D eigenvalue weighted by Crippen LogP contribution is -2.45. The molecule has 1 saturated carbocycles. The van der Waals surface area contributed by atoms with E-state index >= 15 is 0 Å². The van der Waals surface area contributed by atoms with E-state index in [9.17, 15) is 18.6 Å². The first-order chi connectivity index (χ1) is 11.9. The molecule has 1 aromatic carbocycles. The Morgan fingerprint density at radius 2 is 2.08 bits per heavy atom. The molecular weight excluding hydrogens is 344 g/mol. The third-order valence-electron chi connectivity index (χ3n) is 4.83. The normalized spacial score (nSPS) is 28.0. The molecule has 1 aliphatic rings. The quantitative estimate of drug-likeness (QED) is 0.389. The Morgan fingerprint density at radius 1 is 1.40 bits per heavy atom. The molecule has 1 fully saturated rings. The summed E-state index contributed by atoms with van der Waals surface area (Å²) in [5.41, 5.74) is 0. The van der Waals surface area contributed by atoms with Crippen LogP contribution in [0.25, 0.3) is 0 Å². The third-order valence-corrected chi connectivity index (χ3v) is 7.36. The van der Waals surface area contributed by atoms with Crippen LogP contribution in [0, 0.1) is 5.92 Å². The van der Waals surface area contributed by atoms with Gasteiger partial charge in [0.2, 0.25) is 0 Å². The largest absolute Gasteiger partial charge is 0.393 e. The van der Waals surface area contributed by atoms with Gasteiger partial charge in [0.15, 0.2) is 9.84 Å². The molecule has 0 heterocycles. The van der Waals surface area contributed by atoms with Crippen molar-refractivity contribution in [3.05, 3.63) is 43.0 Å². The van der Waals surface area contributed by atoms with Crippen molar-refractivity contribution in [1.82, 2.24) is 0 Å². The number of sulfone groups is 1. The molecule has 2 rings (SSSR count). The van der Waals surface area contributed by atoms with Crippen molar-refractivity contribution in [1.29, 1.82) is 0 Å². The SMILES string of the molecule is C=CC1(S(=O)(=O)c2ccccc2)C[C@H](O)C[C@@H]1[C@H](O)CCOCOC. The fourth-order valence-electron chi connectivity index (χ4n) is 3.60. The minimum atomic E-state index is -3.82. The summed E-state index contributed by atoms with van der Waals surface area (Å²) >= 11 is 0. The molecule has 25 heavy (non-hydrogen) atoms. The third kappa shape index (κ3) is 3.96. The molecule has 1 aromatic rings. The monoisotopic (exact) mass is 370 g/mol. The molecule has 1 unspecified atom stereocenters. The number of hydrogen-bond donors (Lipinski definition) is 2. The van der Waals surface area contributed by atoms with Crippen LogP contribution in [0.1, 0.15) is 19.3 Å². The molecule has 0 spiro atoms. The highest BCUT2D eigenvalue weighted by Gasteiger charge is 2.56. The van der Waals surface area contributed by atoms with E-state index in [4.69, 9.17) is 9.47 Å². The molecule has 0 aromatic heterocycles. The predicted octanol–water partition coefficient (Wildman–Crippen LogP) is 1.53. The molecule has 0 radical (unpaired) electrons. The Kier molecular flexibility index (Phi) is 6.76. The van der Waals surface area contributed by atoms with E-state index in [1.807, 2.05) is 0 Å². The number of aliphatic hydroxyl groups is 2. The van der Waals surface area contributed by atoms with Gasteiger partial charge in [-0.2, -0.15) is 0 Å². The smallest absolute Gasteiger partial charge is 0.188 e. The fourth-order valence-corrected chi connectivity index (χ4v) is 5.84. The lowest BCUT2D eigenvalue weighted by atomic mass is 9.88. The first-order valence-corrected chi connectivity index (χ1v) is 9.73. The summed E-state index contributed by atoms with van der Waals surface area (Å²) in [5.74, 6) is -0.656. The van der Waals surface area contributed by atoms with Crippen molar-refractivity contribution < 1.29 is 28.1 Å². The van der Waals surface area contributed by atoms with Crippen molar-refractivity contribution in [3.63, 3.8) is 0 Å². The van der Waals surface area contributed by atoms with Gasteiger partial charge in [-0.25, -0.2) is 8.42 Å². The average Bonchev–Trinajstić information content (AvgIpc) is 2.97. The lowest BCUT2D eigenvalue weighted by Gasteiger charge is -2.34. The maximum atomic E-state index is 13.3. The zero-order valence-electron chi connectivity index (χ0n) is 14.4. The number of methoxy groups -OCH3 is 1. The Balaban J connectivity index is 2.31. The number of hydrogen-bond acceptors (Lipinski definition) is 6. The maximum Gasteiger partial charge on any atom is 0.188 e. The van der Waals surface area contributed by atoms with E-state index in [0.717, 1.165) is 0 Å². The Labute approximate surface area is 149 Å². The van der Waals surface area contributed by atoms with Crippen LogP contribution in [0.3, 0.4) is 0 Å². The van der Waals surface area contributed by atoms with Crippen LogP contribution in [0.2, 0.25) is 0 Å². The molecule has 1 aliphatic carbocycles. The van der Waals surface area contributed by atoms with Crippen LogP contribution in [-0.4, -0.2) is 56.1 Å². The molecule has 0 saturated heterocycles. The Bertz CT molecular complexity index is 659. The molecule has 6 nitrogen and oxygen atoms in total. The predicted molar refractivity (Wildman–Crippen MR) is 93.7 cm³/mol. The molecule has 140 valence electrons. The maximum absolute atomic E-state index is 13.3. The highest BCUT2D eigenvalue weighted by atomic mass is 32.2. The van der Waals surface area contributed by atoms with Crippen LogP contribution >= 0.6 is 0 Å². The van der Waals surface area contributed by atoms with E-state index < -0.39 is 32.7 Å². The van der Waals surface area contributed by atoms with Gasteiger partial charge in [-0.1, -0.05) is 24.3 Å². The van der Waals surface area contributed by atoms with Gasteiger partial charge in [0.1, 0.15) is 11.5 Å². The van der Waals surface area contributed by atoms with Crippen molar-refractivity contribution in [3.8, 4) is 0 Å². The van der Waals surface area contributed by atoms with Crippen LogP contribution in [-0.2, 0) is 19.3 Å². The summed E-state index contributed by atoms with van der Waals surface area (Å²) in [6, 6.07) is 8.09. The van der Waals surface area contributed by atoms with Crippen molar-refractivity contribution in [2.45, 2.75) is 41.1 Å². The number of rotatable bonds is 9. The summed E-state index contributed by atoms with van der Waals surface area (Å²) in [4.78, 5) is 0.164. The minimum absolute atomic E-state index is 0.0222. The first-order valence-electron chi connectivity index (χ1n) is 8.25. The number of ether oxygens (including phenoxy) is 2. The summed E-state index contributed by atoms with van der Waals surface area (Å²) in [6.45, 7) is 4.07. The number of aliphatic hydroxyl groups excluding tert-OH is 2. The van der Waals surface area contributed by atoms with Gasteiger partial charge >= 0.3 is 0 Å².